The highest BCUT2D eigenvalue weighted by Crippen LogP contribution is 2.32. The molecule has 0 aliphatic carbocycles. The first-order valence-corrected chi connectivity index (χ1v) is 10.5. The molecule has 1 unspecified atom stereocenters. The van der Waals surface area contributed by atoms with Gasteiger partial charge in [-0.3, -0.25) is 9.36 Å². The van der Waals surface area contributed by atoms with Crippen LogP contribution in [0.5, 0.6) is 0 Å². The van der Waals surface area contributed by atoms with Gasteiger partial charge in [0.15, 0.2) is 10.7 Å². The highest BCUT2D eigenvalue weighted by Gasteiger charge is 2.22. The number of amides is 1. The van der Waals surface area contributed by atoms with Crippen LogP contribution in [0.25, 0.3) is 21.3 Å². The van der Waals surface area contributed by atoms with Crippen LogP contribution < -0.4 is 16.0 Å². The number of thiazole rings is 1. The van der Waals surface area contributed by atoms with Crippen LogP contribution in [0, 0.1) is 0 Å². The largest absolute Gasteiger partial charge is 0.420 e. The number of para-hydroxylation sites is 2. The van der Waals surface area contributed by atoms with E-state index in [-0.39, 0.29) is 5.91 Å². The quantitative estimate of drug-likeness (QED) is 0.552. The van der Waals surface area contributed by atoms with E-state index in [2.05, 4.69) is 10.2 Å². The summed E-state index contributed by atoms with van der Waals surface area (Å²) in [5.41, 5.74) is 2.69. The van der Waals surface area contributed by atoms with Crippen LogP contribution in [0.1, 0.15) is 25.8 Å². The van der Waals surface area contributed by atoms with Gasteiger partial charge in [0.05, 0.1) is 15.7 Å². The summed E-state index contributed by atoms with van der Waals surface area (Å²) in [7, 11) is 0. The molecular formula is C21H20N4O3S. The van der Waals surface area contributed by atoms with Crippen molar-refractivity contribution < 1.29 is 9.21 Å². The maximum atomic E-state index is 12.8. The van der Waals surface area contributed by atoms with Crippen molar-refractivity contribution in [3.63, 3.8) is 0 Å². The fraction of sp³-hybridized carbons (Fsp3) is 0.286. The summed E-state index contributed by atoms with van der Waals surface area (Å²) in [6.45, 7) is 3.79. The first-order chi connectivity index (χ1) is 14.1. The van der Waals surface area contributed by atoms with E-state index in [0.29, 0.717) is 16.8 Å². The molecule has 0 bridgehead atoms. The minimum atomic E-state index is -0.705. The molecule has 1 atom stereocenters. The Balaban J connectivity index is 1.40. The Morgan fingerprint density at radius 3 is 2.83 bits per heavy atom. The number of carbonyl (C=O) groups is 1. The van der Waals surface area contributed by atoms with Crippen molar-refractivity contribution >= 4 is 49.4 Å². The van der Waals surface area contributed by atoms with Crippen LogP contribution in [0.2, 0.25) is 0 Å². The molecule has 4 aromatic rings. The zero-order chi connectivity index (χ0) is 20.0. The summed E-state index contributed by atoms with van der Waals surface area (Å²) in [4.78, 5) is 32.1. The van der Waals surface area contributed by atoms with E-state index in [0.717, 1.165) is 28.4 Å². The van der Waals surface area contributed by atoms with Crippen molar-refractivity contribution in [3.8, 4) is 0 Å². The number of nitrogens with one attached hydrogen (secondary N) is 1. The number of aromatic nitrogens is 2. The topological polar surface area (TPSA) is 80.4 Å². The normalized spacial score (nSPS) is 15.3. The summed E-state index contributed by atoms with van der Waals surface area (Å²) in [6, 6.07) is 12.1. The van der Waals surface area contributed by atoms with Crippen LogP contribution in [0.15, 0.2) is 51.7 Å². The summed E-state index contributed by atoms with van der Waals surface area (Å²) < 4.78 is 7.65. The van der Waals surface area contributed by atoms with Crippen molar-refractivity contribution in [2.24, 2.45) is 0 Å². The number of oxazole rings is 1. The molecular weight excluding hydrogens is 388 g/mol. The van der Waals surface area contributed by atoms with E-state index in [1.807, 2.05) is 24.3 Å². The van der Waals surface area contributed by atoms with Gasteiger partial charge in [-0.2, -0.15) is 0 Å². The molecule has 1 fully saturated rings. The molecule has 8 heteroatoms. The average molecular weight is 408 g/mol. The van der Waals surface area contributed by atoms with E-state index in [1.165, 1.54) is 17.4 Å². The standard InChI is InChI=1S/C21H20N4O3S/c1-13(25-16-6-2-3-7-17(16)28-21(25)27)19(26)22-14-8-9-15-18(12-14)29-20(23-15)24-10-4-5-11-24/h2-3,6-9,12-13H,4-5,10-11H2,1H3,(H,22,26). The fourth-order valence-electron chi connectivity index (χ4n) is 3.75. The Morgan fingerprint density at radius 2 is 2.00 bits per heavy atom. The van der Waals surface area contributed by atoms with Crippen LogP contribution in [-0.2, 0) is 4.79 Å². The molecule has 29 heavy (non-hydrogen) atoms. The average Bonchev–Trinajstić information content (AvgIpc) is 3.44. The third-order valence-corrected chi connectivity index (χ3v) is 6.39. The van der Waals surface area contributed by atoms with Crippen molar-refractivity contribution in [1.82, 2.24) is 9.55 Å². The molecule has 5 rings (SSSR count). The number of fused-ring (bicyclic) bond motifs is 2. The van der Waals surface area contributed by atoms with Gasteiger partial charge in [-0.05, 0) is 50.1 Å². The second kappa shape index (κ2) is 7.04. The monoisotopic (exact) mass is 408 g/mol. The van der Waals surface area contributed by atoms with E-state index in [4.69, 9.17) is 9.40 Å². The van der Waals surface area contributed by atoms with Crippen LogP contribution in [0.3, 0.4) is 0 Å². The molecule has 7 nitrogen and oxygen atoms in total. The smallest absolute Gasteiger partial charge is 0.408 e. The lowest BCUT2D eigenvalue weighted by molar-refractivity contribution is -0.118. The maximum absolute atomic E-state index is 12.8. The molecule has 3 heterocycles. The van der Waals surface area contributed by atoms with Crippen molar-refractivity contribution in [1.29, 1.82) is 0 Å². The molecule has 1 N–H and O–H groups in total. The highest BCUT2D eigenvalue weighted by atomic mass is 32.1. The lowest BCUT2D eigenvalue weighted by atomic mass is 10.2. The number of carbonyl (C=O) groups excluding carboxylic acids is 1. The van der Waals surface area contributed by atoms with E-state index in [9.17, 15) is 9.59 Å². The highest BCUT2D eigenvalue weighted by molar-refractivity contribution is 7.22. The first-order valence-electron chi connectivity index (χ1n) is 9.66. The van der Waals surface area contributed by atoms with Gasteiger partial charge in [0.1, 0.15) is 6.04 Å². The zero-order valence-electron chi connectivity index (χ0n) is 15.9. The van der Waals surface area contributed by atoms with Crippen molar-refractivity contribution in [2.75, 3.05) is 23.3 Å². The molecule has 0 saturated carbocycles. The van der Waals surface area contributed by atoms with E-state index < -0.39 is 11.8 Å². The van der Waals surface area contributed by atoms with E-state index in [1.54, 1.807) is 36.5 Å². The Morgan fingerprint density at radius 1 is 1.21 bits per heavy atom. The van der Waals surface area contributed by atoms with Gasteiger partial charge in [0.25, 0.3) is 0 Å². The lowest BCUT2D eigenvalue weighted by Gasteiger charge is -2.13. The Labute approximate surface area is 170 Å². The van der Waals surface area contributed by atoms with E-state index >= 15 is 0 Å². The van der Waals surface area contributed by atoms with Gasteiger partial charge < -0.3 is 14.6 Å². The summed E-state index contributed by atoms with van der Waals surface area (Å²) >= 11 is 1.64. The van der Waals surface area contributed by atoms with Gasteiger partial charge in [-0.1, -0.05) is 23.5 Å². The molecule has 1 aliphatic rings. The molecule has 2 aromatic heterocycles. The van der Waals surface area contributed by atoms with Crippen LogP contribution in [0.4, 0.5) is 10.8 Å². The number of rotatable bonds is 4. The summed E-state index contributed by atoms with van der Waals surface area (Å²) in [6.07, 6.45) is 2.41. The second-order valence-electron chi connectivity index (χ2n) is 7.24. The number of nitrogens with zero attached hydrogens (tertiary/aromatic N) is 3. The lowest BCUT2D eigenvalue weighted by Crippen LogP contribution is -2.29. The molecule has 1 saturated heterocycles. The van der Waals surface area contributed by atoms with Crippen LogP contribution >= 0.6 is 11.3 Å². The van der Waals surface area contributed by atoms with Gasteiger partial charge in [-0.25, -0.2) is 9.78 Å². The predicted octanol–water partition coefficient (Wildman–Crippen LogP) is 4.00. The number of hydrogen-bond donors (Lipinski definition) is 1. The molecule has 148 valence electrons. The van der Waals surface area contributed by atoms with Crippen molar-refractivity contribution in [2.45, 2.75) is 25.8 Å². The van der Waals surface area contributed by atoms with Crippen molar-refractivity contribution in [3.05, 3.63) is 53.0 Å². The molecule has 0 radical (unpaired) electrons. The third-order valence-electron chi connectivity index (χ3n) is 5.31. The second-order valence-corrected chi connectivity index (χ2v) is 8.25. The molecule has 1 amide bonds. The van der Waals surface area contributed by atoms with Gasteiger partial charge in [0, 0.05) is 18.8 Å². The van der Waals surface area contributed by atoms with Gasteiger partial charge >= 0.3 is 5.76 Å². The Hall–Kier alpha value is -3.13. The molecule has 1 aliphatic heterocycles. The summed E-state index contributed by atoms with van der Waals surface area (Å²) in [5.74, 6) is -0.815. The predicted molar refractivity (Wildman–Crippen MR) is 115 cm³/mol. The fourth-order valence-corrected chi connectivity index (χ4v) is 4.81. The number of hydrogen-bond acceptors (Lipinski definition) is 6. The minimum Gasteiger partial charge on any atom is -0.408 e. The Kier molecular flexibility index (Phi) is 4.35. The first kappa shape index (κ1) is 17.9. The summed E-state index contributed by atoms with van der Waals surface area (Å²) in [5, 5.41) is 3.95. The SMILES string of the molecule is CC(C(=O)Nc1ccc2nc(N3CCCC3)sc2c1)n1c(=O)oc2ccccc21. The molecule has 2 aromatic carbocycles. The minimum absolute atomic E-state index is 0.276. The number of benzene rings is 2. The third kappa shape index (κ3) is 3.19. The zero-order valence-corrected chi connectivity index (χ0v) is 16.7. The number of anilines is 2. The van der Waals surface area contributed by atoms with Gasteiger partial charge in [-0.15, -0.1) is 0 Å². The van der Waals surface area contributed by atoms with Gasteiger partial charge in [0.2, 0.25) is 5.91 Å². The maximum Gasteiger partial charge on any atom is 0.420 e. The van der Waals surface area contributed by atoms with Crippen LogP contribution in [-0.4, -0.2) is 28.5 Å². The Bertz CT molecular complexity index is 1270. The molecule has 0 spiro atoms.